The van der Waals surface area contributed by atoms with Gasteiger partial charge in [-0.25, -0.2) is 14.4 Å². The summed E-state index contributed by atoms with van der Waals surface area (Å²) < 4.78 is 18.5. The lowest BCUT2D eigenvalue weighted by Crippen LogP contribution is -2.34. The fourth-order valence-corrected chi connectivity index (χ4v) is 2.33. The molecule has 2 atom stereocenters. The molecule has 2 unspecified atom stereocenters. The Morgan fingerprint density at radius 1 is 1.18 bits per heavy atom. The van der Waals surface area contributed by atoms with Crippen LogP contribution in [0.5, 0.6) is 5.75 Å². The molecule has 1 aromatic carbocycles. The third-order valence-electron chi connectivity index (χ3n) is 3.45. The first kappa shape index (κ1) is 16.4. The van der Waals surface area contributed by atoms with Crippen LogP contribution in [-0.2, 0) is 0 Å². The van der Waals surface area contributed by atoms with E-state index in [1.807, 2.05) is 27.0 Å². The van der Waals surface area contributed by atoms with Crippen molar-refractivity contribution in [3.8, 4) is 5.75 Å². The van der Waals surface area contributed by atoms with Crippen LogP contribution in [0.1, 0.15) is 37.0 Å². The molecule has 0 aliphatic carbocycles. The molecule has 0 bridgehead atoms. The lowest BCUT2D eigenvalue weighted by atomic mass is 10.1. The van der Waals surface area contributed by atoms with Gasteiger partial charge < -0.3 is 10.1 Å². The molecule has 0 aliphatic heterocycles. The second-order valence-electron chi connectivity index (χ2n) is 5.51. The molecular formula is C17H22FN3O. The molecule has 0 amide bonds. The molecule has 0 saturated carbocycles. The van der Waals surface area contributed by atoms with E-state index in [1.165, 1.54) is 12.1 Å². The highest BCUT2D eigenvalue weighted by Gasteiger charge is 2.13. The first-order valence-corrected chi connectivity index (χ1v) is 7.40. The van der Waals surface area contributed by atoms with E-state index in [4.69, 9.17) is 4.74 Å². The summed E-state index contributed by atoms with van der Waals surface area (Å²) in [5, 5.41) is 3.46. The van der Waals surface area contributed by atoms with Crippen molar-refractivity contribution in [1.82, 2.24) is 15.3 Å². The predicted molar refractivity (Wildman–Crippen MR) is 84.4 cm³/mol. The summed E-state index contributed by atoms with van der Waals surface area (Å²) in [5.41, 5.74) is 2.07. The molecule has 0 aliphatic rings. The highest BCUT2D eigenvalue weighted by atomic mass is 19.1. The number of nitrogens with one attached hydrogen (secondary N) is 1. The van der Waals surface area contributed by atoms with E-state index in [1.54, 1.807) is 12.1 Å². The van der Waals surface area contributed by atoms with E-state index in [2.05, 4.69) is 22.2 Å². The molecular weight excluding hydrogens is 281 g/mol. The summed E-state index contributed by atoms with van der Waals surface area (Å²) in [4.78, 5) is 8.64. The molecule has 2 rings (SSSR count). The summed E-state index contributed by atoms with van der Waals surface area (Å²) in [6, 6.07) is 6.31. The van der Waals surface area contributed by atoms with Gasteiger partial charge in [0.25, 0.3) is 0 Å². The molecule has 5 heteroatoms. The van der Waals surface area contributed by atoms with Gasteiger partial charge in [-0.05, 0) is 52.0 Å². The Hall–Kier alpha value is -2.01. The molecule has 1 heterocycles. The number of aryl methyl sites for hydroxylation is 2. The average molecular weight is 303 g/mol. The van der Waals surface area contributed by atoms with E-state index in [-0.39, 0.29) is 17.9 Å². The van der Waals surface area contributed by atoms with Crippen LogP contribution >= 0.6 is 0 Å². The third-order valence-corrected chi connectivity index (χ3v) is 3.45. The highest BCUT2D eigenvalue weighted by molar-refractivity contribution is 5.22. The van der Waals surface area contributed by atoms with Gasteiger partial charge in [-0.3, -0.25) is 0 Å². The van der Waals surface area contributed by atoms with Crippen molar-refractivity contribution in [2.45, 2.75) is 39.8 Å². The van der Waals surface area contributed by atoms with E-state index in [0.29, 0.717) is 12.4 Å². The molecule has 0 fully saturated rings. The van der Waals surface area contributed by atoms with Gasteiger partial charge in [-0.15, -0.1) is 0 Å². The molecule has 0 saturated heterocycles. The zero-order valence-electron chi connectivity index (χ0n) is 13.4. The van der Waals surface area contributed by atoms with Gasteiger partial charge in [0.05, 0.1) is 0 Å². The minimum absolute atomic E-state index is 0.132. The number of rotatable bonds is 6. The van der Waals surface area contributed by atoms with E-state index in [0.717, 1.165) is 17.1 Å². The Kier molecular flexibility index (Phi) is 5.44. The third kappa shape index (κ3) is 4.49. The van der Waals surface area contributed by atoms with Gasteiger partial charge >= 0.3 is 0 Å². The minimum atomic E-state index is -0.262. The largest absolute Gasteiger partial charge is 0.492 e. The Morgan fingerprint density at radius 2 is 1.86 bits per heavy atom. The minimum Gasteiger partial charge on any atom is -0.492 e. The molecule has 4 nitrogen and oxygen atoms in total. The van der Waals surface area contributed by atoms with Gasteiger partial charge in [0, 0.05) is 29.5 Å². The van der Waals surface area contributed by atoms with Crippen molar-refractivity contribution in [3.63, 3.8) is 0 Å². The Balaban J connectivity index is 1.88. The Morgan fingerprint density at radius 3 is 2.50 bits per heavy atom. The van der Waals surface area contributed by atoms with Crippen LogP contribution < -0.4 is 10.1 Å². The lowest BCUT2D eigenvalue weighted by molar-refractivity contribution is 0.263. The van der Waals surface area contributed by atoms with Gasteiger partial charge in [0.2, 0.25) is 0 Å². The van der Waals surface area contributed by atoms with Crippen molar-refractivity contribution in [2.75, 3.05) is 6.61 Å². The topological polar surface area (TPSA) is 47.0 Å². The van der Waals surface area contributed by atoms with E-state index < -0.39 is 0 Å². The number of halogens is 1. The highest BCUT2D eigenvalue weighted by Crippen LogP contribution is 2.16. The monoisotopic (exact) mass is 303 g/mol. The second-order valence-corrected chi connectivity index (χ2v) is 5.51. The number of aromatic nitrogens is 2. The standard InChI is InChI=1S/C17H22FN3O/c1-11(10-22-16-7-5-15(18)6-8-16)20-12(2)17-9-19-14(4)21-13(17)3/h5-9,11-12,20H,10H2,1-4H3. The summed E-state index contributed by atoms with van der Waals surface area (Å²) in [5.74, 6) is 1.18. The van der Waals surface area contributed by atoms with Crippen LogP contribution in [-0.4, -0.2) is 22.6 Å². The first-order chi connectivity index (χ1) is 10.5. The van der Waals surface area contributed by atoms with Crippen LogP contribution in [0.15, 0.2) is 30.5 Å². The van der Waals surface area contributed by atoms with Gasteiger partial charge in [-0.2, -0.15) is 0 Å². The summed E-state index contributed by atoms with van der Waals surface area (Å²) >= 11 is 0. The molecule has 1 N–H and O–H groups in total. The van der Waals surface area contributed by atoms with Crippen LogP contribution in [0.2, 0.25) is 0 Å². The zero-order chi connectivity index (χ0) is 16.1. The molecule has 118 valence electrons. The molecule has 2 aromatic rings. The van der Waals surface area contributed by atoms with E-state index >= 15 is 0 Å². The smallest absolute Gasteiger partial charge is 0.125 e. The van der Waals surface area contributed by atoms with Crippen LogP contribution in [0, 0.1) is 19.7 Å². The van der Waals surface area contributed by atoms with Gasteiger partial charge in [-0.1, -0.05) is 0 Å². The SMILES string of the molecule is Cc1ncc(C(C)NC(C)COc2ccc(F)cc2)c(C)n1. The maximum Gasteiger partial charge on any atom is 0.125 e. The fourth-order valence-electron chi connectivity index (χ4n) is 2.33. The Bertz CT molecular complexity index is 616. The first-order valence-electron chi connectivity index (χ1n) is 7.40. The van der Waals surface area contributed by atoms with Crippen molar-refractivity contribution in [3.05, 3.63) is 53.4 Å². The normalized spacial score (nSPS) is 13.7. The lowest BCUT2D eigenvalue weighted by Gasteiger charge is -2.21. The quantitative estimate of drug-likeness (QED) is 0.889. The summed E-state index contributed by atoms with van der Waals surface area (Å²) in [7, 11) is 0. The number of hydrogen-bond donors (Lipinski definition) is 1. The second kappa shape index (κ2) is 7.31. The maximum atomic E-state index is 12.8. The van der Waals surface area contributed by atoms with Crippen LogP contribution in [0.4, 0.5) is 4.39 Å². The number of benzene rings is 1. The number of hydrogen-bond acceptors (Lipinski definition) is 4. The van der Waals surface area contributed by atoms with Crippen molar-refractivity contribution in [1.29, 1.82) is 0 Å². The molecule has 0 spiro atoms. The number of ether oxygens (including phenoxy) is 1. The van der Waals surface area contributed by atoms with Crippen LogP contribution in [0.25, 0.3) is 0 Å². The van der Waals surface area contributed by atoms with Crippen molar-refractivity contribution < 1.29 is 9.13 Å². The zero-order valence-corrected chi connectivity index (χ0v) is 13.4. The molecule has 1 aromatic heterocycles. The number of nitrogens with zero attached hydrogens (tertiary/aromatic N) is 2. The van der Waals surface area contributed by atoms with Gasteiger partial charge in [0.15, 0.2) is 0 Å². The van der Waals surface area contributed by atoms with Gasteiger partial charge in [0.1, 0.15) is 24.0 Å². The fraction of sp³-hybridized carbons (Fsp3) is 0.412. The van der Waals surface area contributed by atoms with Crippen molar-refractivity contribution in [2.24, 2.45) is 0 Å². The Labute approximate surface area is 130 Å². The summed E-state index contributed by atoms with van der Waals surface area (Å²) in [6.07, 6.45) is 1.86. The van der Waals surface area contributed by atoms with E-state index in [9.17, 15) is 4.39 Å². The van der Waals surface area contributed by atoms with Crippen molar-refractivity contribution >= 4 is 0 Å². The molecule has 22 heavy (non-hydrogen) atoms. The molecule has 0 radical (unpaired) electrons. The van der Waals surface area contributed by atoms with Crippen LogP contribution in [0.3, 0.4) is 0 Å². The summed E-state index contributed by atoms with van der Waals surface area (Å²) in [6.45, 7) is 8.50. The predicted octanol–water partition coefficient (Wildman–Crippen LogP) is 3.35. The maximum absolute atomic E-state index is 12.8. The average Bonchev–Trinajstić information content (AvgIpc) is 2.46.